The van der Waals surface area contributed by atoms with E-state index in [9.17, 15) is 9.90 Å². The molecule has 0 bridgehead atoms. The Morgan fingerprint density at radius 2 is 2.22 bits per heavy atom. The zero-order chi connectivity index (χ0) is 13.1. The molecule has 0 saturated heterocycles. The van der Waals surface area contributed by atoms with E-state index < -0.39 is 0 Å². The number of pyridine rings is 1. The van der Waals surface area contributed by atoms with E-state index in [2.05, 4.69) is 15.0 Å². The Kier molecular flexibility index (Phi) is 3.41. The van der Waals surface area contributed by atoms with Gasteiger partial charge in [-0.25, -0.2) is 0 Å². The molecule has 0 spiro atoms. The van der Waals surface area contributed by atoms with Crippen LogP contribution in [0.1, 0.15) is 24.5 Å². The number of aromatic amines is 1. The Morgan fingerprint density at radius 1 is 1.44 bits per heavy atom. The zero-order valence-electron chi connectivity index (χ0n) is 10.4. The van der Waals surface area contributed by atoms with E-state index >= 15 is 0 Å². The number of hydrogen-bond acceptors (Lipinski definition) is 4. The van der Waals surface area contributed by atoms with E-state index in [1.165, 1.54) is 0 Å². The molecule has 18 heavy (non-hydrogen) atoms. The lowest BCUT2D eigenvalue weighted by Gasteiger charge is -2.07. The summed E-state index contributed by atoms with van der Waals surface area (Å²) in [6.45, 7) is 3.82. The Hall–Kier alpha value is -2.17. The van der Waals surface area contributed by atoms with Crippen molar-refractivity contribution < 1.29 is 5.11 Å². The van der Waals surface area contributed by atoms with E-state index in [-0.39, 0.29) is 11.4 Å². The molecule has 0 amide bonds. The molecule has 2 aromatic rings. The van der Waals surface area contributed by atoms with Gasteiger partial charge in [0.25, 0.3) is 5.56 Å². The van der Waals surface area contributed by atoms with Gasteiger partial charge in [0.05, 0.1) is 5.56 Å². The summed E-state index contributed by atoms with van der Waals surface area (Å²) in [6.07, 6.45) is 4.61. The standard InChI is InChI=1S/C13H15N3O2/c1-3-4-10-12(17)15-11(16-13(10)18)9-5-6-14-7-8(9)2/h5-7H,3-4H2,1-2H3,(H2,15,16,17,18). The fourth-order valence-electron chi connectivity index (χ4n) is 1.83. The molecule has 94 valence electrons. The molecule has 0 unspecified atom stereocenters. The summed E-state index contributed by atoms with van der Waals surface area (Å²) in [5, 5.41) is 9.81. The van der Waals surface area contributed by atoms with E-state index in [4.69, 9.17) is 0 Å². The van der Waals surface area contributed by atoms with Gasteiger partial charge in [-0.1, -0.05) is 13.3 Å². The fraction of sp³-hybridized carbons (Fsp3) is 0.308. The maximum atomic E-state index is 11.9. The van der Waals surface area contributed by atoms with E-state index in [0.29, 0.717) is 17.8 Å². The molecule has 0 radical (unpaired) electrons. The van der Waals surface area contributed by atoms with Crippen molar-refractivity contribution in [3.05, 3.63) is 39.9 Å². The van der Waals surface area contributed by atoms with E-state index in [1.54, 1.807) is 18.5 Å². The van der Waals surface area contributed by atoms with Crippen LogP contribution in [0, 0.1) is 6.92 Å². The van der Waals surface area contributed by atoms with Crippen LogP contribution in [-0.2, 0) is 6.42 Å². The van der Waals surface area contributed by atoms with Crippen molar-refractivity contribution in [1.29, 1.82) is 0 Å². The first-order chi connectivity index (χ1) is 8.63. The molecule has 2 N–H and O–H groups in total. The number of nitrogens with zero attached hydrogens (tertiary/aromatic N) is 2. The lowest BCUT2D eigenvalue weighted by molar-refractivity contribution is 0.443. The second-order valence-electron chi connectivity index (χ2n) is 4.16. The van der Waals surface area contributed by atoms with Crippen molar-refractivity contribution >= 4 is 0 Å². The van der Waals surface area contributed by atoms with Gasteiger partial charge < -0.3 is 10.1 Å². The molecular formula is C13H15N3O2. The Bertz CT molecular complexity index is 620. The van der Waals surface area contributed by atoms with Gasteiger partial charge in [-0.3, -0.25) is 9.78 Å². The Balaban J connectivity index is 2.55. The van der Waals surface area contributed by atoms with Crippen LogP contribution in [0.5, 0.6) is 5.88 Å². The van der Waals surface area contributed by atoms with Crippen LogP contribution in [0.4, 0.5) is 0 Å². The van der Waals surface area contributed by atoms with Crippen LogP contribution in [-0.4, -0.2) is 20.1 Å². The fourth-order valence-corrected chi connectivity index (χ4v) is 1.83. The minimum atomic E-state index is -0.282. The number of H-pyrrole nitrogens is 1. The van der Waals surface area contributed by atoms with Gasteiger partial charge in [-0.2, -0.15) is 4.98 Å². The minimum Gasteiger partial charge on any atom is -0.493 e. The topological polar surface area (TPSA) is 78.9 Å². The summed E-state index contributed by atoms with van der Waals surface area (Å²) in [6, 6.07) is 1.76. The number of nitrogens with one attached hydrogen (secondary N) is 1. The van der Waals surface area contributed by atoms with Crippen LogP contribution in [0.3, 0.4) is 0 Å². The van der Waals surface area contributed by atoms with Gasteiger partial charge in [-0.05, 0) is 25.0 Å². The highest BCUT2D eigenvalue weighted by atomic mass is 16.3. The van der Waals surface area contributed by atoms with Gasteiger partial charge >= 0.3 is 0 Å². The summed E-state index contributed by atoms with van der Waals surface area (Å²) >= 11 is 0. The molecule has 0 fully saturated rings. The lowest BCUT2D eigenvalue weighted by Crippen LogP contribution is -2.15. The summed E-state index contributed by atoms with van der Waals surface area (Å²) in [7, 11) is 0. The summed E-state index contributed by atoms with van der Waals surface area (Å²) in [4.78, 5) is 22.6. The van der Waals surface area contributed by atoms with Crippen LogP contribution < -0.4 is 5.56 Å². The average Bonchev–Trinajstić information content (AvgIpc) is 2.34. The molecule has 0 saturated carbocycles. The average molecular weight is 245 g/mol. The number of aryl methyl sites for hydroxylation is 1. The normalized spacial score (nSPS) is 10.6. The highest BCUT2D eigenvalue weighted by molar-refractivity contribution is 5.59. The highest BCUT2D eigenvalue weighted by Gasteiger charge is 2.12. The lowest BCUT2D eigenvalue weighted by atomic mass is 10.1. The second-order valence-corrected chi connectivity index (χ2v) is 4.16. The van der Waals surface area contributed by atoms with E-state index in [0.717, 1.165) is 17.5 Å². The van der Waals surface area contributed by atoms with Crippen LogP contribution >= 0.6 is 0 Å². The first-order valence-corrected chi connectivity index (χ1v) is 5.86. The molecule has 0 atom stereocenters. The third-order valence-electron chi connectivity index (χ3n) is 2.77. The molecule has 2 heterocycles. The third-order valence-corrected chi connectivity index (χ3v) is 2.77. The number of rotatable bonds is 3. The smallest absolute Gasteiger partial charge is 0.258 e. The quantitative estimate of drug-likeness (QED) is 0.864. The van der Waals surface area contributed by atoms with E-state index in [1.807, 2.05) is 13.8 Å². The number of hydrogen-bond donors (Lipinski definition) is 2. The zero-order valence-corrected chi connectivity index (χ0v) is 10.4. The van der Waals surface area contributed by atoms with Crippen molar-refractivity contribution in [2.75, 3.05) is 0 Å². The van der Waals surface area contributed by atoms with Crippen molar-refractivity contribution in [3.8, 4) is 17.3 Å². The molecule has 5 heteroatoms. The van der Waals surface area contributed by atoms with Gasteiger partial charge in [0.1, 0.15) is 5.82 Å². The predicted octanol–water partition coefficient (Wildman–Crippen LogP) is 1.80. The van der Waals surface area contributed by atoms with Crippen molar-refractivity contribution in [2.24, 2.45) is 0 Å². The maximum Gasteiger partial charge on any atom is 0.258 e. The summed E-state index contributed by atoms with van der Waals surface area (Å²) in [5.41, 5.74) is 1.72. The minimum absolute atomic E-state index is 0.188. The molecular weight excluding hydrogens is 230 g/mol. The largest absolute Gasteiger partial charge is 0.493 e. The van der Waals surface area contributed by atoms with Crippen LogP contribution in [0.25, 0.3) is 11.4 Å². The first kappa shape index (κ1) is 12.3. The van der Waals surface area contributed by atoms with Crippen LogP contribution in [0.15, 0.2) is 23.3 Å². The molecule has 0 aromatic carbocycles. The van der Waals surface area contributed by atoms with Crippen LogP contribution in [0.2, 0.25) is 0 Å². The first-order valence-electron chi connectivity index (χ1n) is 5.86. The molecule has 5 nitrogen and oxygen atoms in total. The monoisotopic (exact) mass is 245 g/mol. The van der Waals surface area contributed by atoms with Gasteiger partial charge in [0, 0.05) is 18.0 Å². The predicted molar refractivity (Wildman–Crippen MR) is 68.5 cm³/mol. The molecule has 0 aliphatic carbocycles. The highest BCUT2D eigenvalue weighted by Crippen LogP contribution is 2.20. The number of aromatic nitrogens is 3. The SMILES string of the molecule is CCCc1c(O)nc(-c2ccncc2C)[nH]c1=O. The van der Waals surface area contributed by atoms with Crippen molar-refractivity contribution in [2.45, 2.75) is 26.7 Å². The molecule has 2 aromatic heterocycles. The number of aromatic hydroxyl groups is 1. The van der Waals surface area contributed by atoms with Crippen molar-refractivity contribution in [1.82, 2.24) is 15.0 Å². The maximum absolute atomic E-state index is 11.9. The second kappa shape index (κ2) is 5.00. The molecule has 0 aliphatic heterocycles. The Morgan fingerprint density at radius 3 is 2.83 bits per heavy atom. The van der Waals surface area contributed by atoms with Gasteiger partial charge in [0.15, 0.2) is 0 Å². The summed E-state index contributed by atoms with van der Waals surface area (Å²) < 4.78 is 0. The van der Waals surface area contributed by atoms with Gasteiger partial charge in [-0.15, -0.1) is 0 Å². The van der Waals surface area contributed by atoms with Crippen molar-refractivity contribution in [3.63, 3.8) is 0 Å². The molecule has 2 rings (SSSR count). The molecule has 0 aliphatic rings. The summed E-state index contributed by atoms with van der Waals surface area (Å²) in [5.74, 6) is 0.184. The Labute approximate surface area is 105 Å². The third kappa shape index (κ3) is 2.25. The van der Waals surface area contributed by atoms with Gasteiger partial charge in [0.2, 0.25) is 5.88 Å².